The highest BCUT2D eigenvalue weighted by Crippen LogP contribution is 2.30. The van der Waals surface area contributed by atoms with Gasteiger partial charge in [-0.3, -0.25) is 9.11 Å². The summed E-state index contributed by atoms with van der Waals surface area (Å²) in [5.41, 5.74) is 11.8. The number of nitrogens with two attached hydrogens (primary N) is 2. The molecule has 0 aliphatic heterocycles. The second kappa shape index (κ2) is 7.22. The van der Waals surface area contributed by atoms with Crippen molar-refractivity contribution in [1.82, 2.24) is 9.97 Å². The van der Waals surface area contributed by atoms with Crippen molar-refractivity contribution < 1.29 is 22.3 Å². The van der Waals surface area contributed by atoms with E-state index in [-0.39, 0.29) is 11.8 Å². The Morgan fingerprint density at radius 2 is 1.82 bits per heavy atom. The first-order valence-corrected chi connectivity index (χ1v) is 7.36. The zero-order chi connectivity index (χ0) is 16.9. The summed E-state index contributed by atoms with van der Waals surface area (Å²) in [5, 5.41) is 0.579. The van der Waals surface area contributed by atoms with Crippen molar-refractivity contribution in [2.24, 2.45) is 0 Å². The summed E-state index contributed by atoms with van der Waals surface area (Å²) < 4.78 is 37.2. The van der Waals surface area contributed by atoms with Crippen molar-refractivity contribution in [2.75, 3.05) is 11.5 Å². The van der Waals surface area contributed by atoms with Crippen molar-refractivity contribution in [1.29, 1.82) is 0 Å². The normalized spacial score (nSPS) is 10.5. The van der Waals surface area contributed by atoms with E-state index in [0.717, 1.165) is 0 Å². The SMILES string of the molecule is Cc1nc(N)nc(N)c1Oc1cccc(Cl)c1.O=S(=O)(O)O. The number of hydrogen-bond donors (Lipinski definition) is 4. The minimum atomic E-state index is -4.67. The highest BCUT2D eigenvalue weighted by molar-refractivity contribution is 7.79. The molecule has 0 bridgehead atoms. The van der Waals surface area contributed by atoms with E-state index in [1.54, 1.807) is 31.2 Å². The minimum absolute atomic E-state index is 0.124. The van der Waals surface area contributed by atoms with Gasteiger partial charge in [-0.15, -0.1) is 0 Å². The molecule has 0 saturated carbocycles. The van der Waals surface area contributed by atoms with E-state index in [9.17, 15) is 0 Å². The number of aromatic nitrogens is 2. The Bertz CT molecular complexity index is 738. The van der Waals surface area contributed by atoms with Crippen LogP contribution in [0.4, 0.5) is 11.8 Å². The van der Waals surface area contributed by atoms with E-state index < -0.39 is 10.4 Å². The molecule has 0 aliphatic carbocycles. The first kappa shape index (κ1) is 17.9. The van der Waals surface area contributed by atoms with Crippen LogP contribution in [0.25, 0.3) is 0 Å². The number of nitrogen functional groups attached to an aromatic ring is 2. The predicted octanol–water partition coefficient (Wildman–Crippen LogP) is 1.74. The minimum Gasteiger partial charge on any atom is -0.452 e. The van der Waals surface area contributed by atoms with E-state index in [1.165, 1.54) is 0 Å². The van der Waals surface area contributed by atoms with Crippen LogP contribution in [0.5, 0.6) is 11.5 Å². The van der Waals surface area contributed by atoms with Gasteiger partial charge in [-0.2, -0.15) is 13.4 Å². The molecule has 1 heterocycles. The number of aryl methyl sites for hydroxylation is 1. The number of hydrogen-bond acceptors (Lipinski definition) is 7. The van der Waals surface area contributed by atoms with Gasteiger partial charge in [0.05, 0.1) is 5.69 Å². The summed E-state index contributed by atoms with van der Waals surface area (Å²) >= 11 is 5.85. The van der Waals surface area contributed by atoms with Crippen LogP contribution in [0, 0.1) is 6.92 Å². The maximum atomic E-state index is 8.74. The molecule has 11 heteroatoms. The van der Waals surface area contributed by atoms with Crippen LogP contribution in [0.15, 0.2) is 24.3 Å². The van der Waals surface area contributed by atoms with Crippen molar-refractivity contribution >= 4 is 33.8 Å². The molecule has 1 aromatic heterocycles. The lowest BCUT2D eigenvalue weighted by molar-refractivity contribution is 0.381. The molecule has 6 N–H and O–H groups in total. The van der Waals surface area contributed by atoms with E-state index in [2.05, 4.69) is 9.97 Å². The number of ether oxygens (including phenoxy) is 1. The van der Waals surface area contributed by atoms with E-state index in [4.69, 9.17) is 45.3 Å². The molecule has 2 rings (SSSR count). The first-order chi connectivity index (χ1) is 10.1. The van der Waals surface area contributed by atoms with Gasteiger partial charge in [-0.1, -0.05) is 17.7 Å². The molecule has 1 aromatic carbocycles. The fourth-order valence-electron chi connectivity index (χ4n) is 1.38. The fraction of sp³-hybridized carbons (Fsp3) is 0.0909. The average Bonchev–Trinajstić information content (AvgIpc) is 2.31. The van der Waals surface area contributed by atoms with Gasteiger partial charge >= 0.3 is 10.4 Å². The summed E-state index contributed by atoms with van der Waals surface area (Å²) in [6, 6.07) is 6.98. The molecule has 22 heavy (non-hydrogen) atoms. The smallest absolute Gasteiger partial charge is 0.394 e. The highest BCUT2D eigenvalue weighted by Gasteiger charge is 2.10. The summed E-state index contributed by atoms with van der Waals surface area (Å²) in [6.07, 6.45) is 0. The number of halogens is 1. The molecule has 0 radical (unpaired) electrons. The second-order valence-electron chi connectivity index (χ2n) is 3.89. The summed E-state index contributed by atoms with van der Waals surface area (Å²) in [4.78, 5) is 7.82. The van der Waals surface area contributed by atoms with Crippen LogP contribution in [-0.4, -0.2) is 27.5 Å². The van der Waals surface area contributed by atoms with Gasteiger partial charge in [0, 0.05) is 5.02 Å². The molecule has 0 fully saturated rings. The fourth-order valence-corrected chi connectivity index (χ4v) is 1.56. The topological polar surface area (TPSA) is 162 Å². The summed E-state index contributed by atoms with van der Waals surface area (Å²) in [7, 11) is -4.67. The molecule has 0 aliphatic rings. The highest BCUT2D eigenvalue weighted by atomic mass is 35.5. The van der Waals surface area contributed by atoms with Crippen LogP contribution in [0.2, 0.25) is 5.02 Å². The van der Waals surface area contributed by atoms with Crippen molar-refractivity contribution in [3.63, 3.8) is 0 Å². The Hall–Kier alpha value is -2.14. The van der Waals surface area contributed by atoms with Gasteiger partial charge in [0.1, 0.15) is 5.75 Å². The van der Waals surface area contributed by atoms with Gasteiger partial charge < -0.3 is 16.2 Å². The molecule has 0 atom stereocenters. The van der Waals surface area contributed by atoms with Gasteiger partial charge in [-0.05, 0) is 25.1 Å². The lowest BCUT2D eigenvalue weighted by Gasteiger charge is -2.10. The monoisotopic (exact) mass is 348 g/mol. The van der Waals surface area contributed by atoms with Crippen LogP contribution in [0.3, 0.4) is 0 Å². The second-order valence-corrected chi connectivity index (χ2v) is 5.22. The Kier molecular flexibility index (Phi) is 5.88. The predicted molar refractivity (Wildman–Crippen MR) is 81.3 cm³/mol. The van der Waals surface area contributed by atoms with E-state index in [0.29, 0.717) is 22.2 Å². The van der Waals surface area contributed by atoms with Gasteiger partial charge in [0.2, 0.25) is 5.95 Å². The third kappa shape index (κ3) is 6.54. The van der Waals surface area contributed by atoms with Crippen LogP contribution >= 0.6 is 11.6 Å². The standard InChI is InChI=1S/C11H11ClN4O.H2O4S/c1-6-9(10(13)16-11(14)15-6)17-8-4-2-3-7(12)5-8;1-5(2,3)4/h2-5H,1H3,(H4,13,14,15,16);(H2,1,2,3,4). The molecule has 9 nitrogen and oxygen atoms in total. The Labute approximate surface area is 131 Å². The molecule has 0 saturated heterocycles. The molecule has 2 aromatic rings. The number of rotatable bonds is 2. The Morgan fingerprint density at radius 3 is 2.32 bits per heavy atom. The molecule has 0 amide bonds. The number of anilines is 2. The maximum absolute atomic E-state index is 8.74. The molecule has 0 spiro atoms. The van der Waals surface area contributed by atoms with Gasteiger partial charge in [0.25, 0.3) is 0 Å². The van der Waals surface area contributed by atoms with Crippen LogP contribution in [-0.2, 0) is 10.4 Å². The zero-order valence-electron chi connectivity index (χ0n) is 11.3. The average molecular weight is 349 g/mol. The summed E-state index contributed by atoms with van der Waals surface area (Å²) in [6.45, 7) is 1.74. The maximum Gasteiger partial charge on any atom is 0.394 e. The lowest BCUT2D eigenvalue weighted by atomic mass is 10.3. The van der Waals surface area contributed by atoms with Gasteiger partial charge in [-0.25, -0.2) is 4.98 Å². The quantitative estimate of drug-likeness (QED) is 0.592. The number of nitrogens with zero attached hydrogens (tertiary/aromatic N) is 2. The molecular weight excluding hydrogens is 336 g/mol. The number of benzene rings is 1. The molecule has 120 valence electrons. The van der Waals surface area contributed by atoms with Crippen molar-refractivity contribution in [3.8, 4) is 11.5 Å². The lowest BCUT2D eigenvalue weighted by Crippen LogP contribution is -2.04. The Morgan fingerprint density at radius 1 is 1.23 bits per heavy atom. The third-order valence-corrected chi connectivity index (χ3v) is 2.33. The summed E-state index contributed by atoms with van der Waals surface area (Å²) in [5.74, 6) is 1.29. The van der Waals surface area contributed by atoms with Crippen molar-refractivity contribution in [3.05, 3.63) is 35.0 Å². The Balaban J connectivity index is 0.000000422. The van der Waals surface area contributed by atoms with E-state index in [1.807, 2.05) is 0 Å². The largest absolute Gasteiger partial charge is 0.452 e. The third-order valence-electron chi connectivity index (χ3n) is 2.09. The zero-order valence-corrected chi connectivity index (χ0v) is 12.8. The van der Waals surface area contributed by atoms with Crippen molar-refractivity contribution in [2.45, 2.75) is 6.92 Å². The molecular formula is C11H13ClN4O5S. The van der Waals surface area contributed by atoms with E-state index >= 15 is 0 Å². The van der Waals surface area contributed by atoms with Gasteiger partial charge in [0.15, 0.2) is 11.6 Å². The first-order valence-electron chi connectivity index (χ1n) is 5.59. The van der Waals surface area contributed by atoms with Crippen LogP contribution < -0.4 is 16.2 Å². The molecule has 0 unspecified atom stereocenters. The van der Waals surface area contributed by atoms with Crippen LogP contribution in [0.1, 0.15) is 5.69 Å².